The Hall–Kier alpha value is -1.14. The van der Waals surface area contributed by atoms with E-state index in [4.69, 9.17) is 27.9 Å². The van der Waals surface area contributed by atoms with Crippen LogP contribution in [0.5, 0.6) is 6.01 Å². The Balaban J connectivity index is 3.11. The first-order valence-electron chi connectivity index (χ1n) is 4.01. The van der Waals surface area contributed by atoms with Crippen LogP contribution in [0.25, 0.3) is 0 Å². The van der Waals surface area contributed by atoms with Gasteiger partial charge in [0, 0.05) is 6.54 Å². The van der Waals surface area contributed by atoms with Crippen LogP contribution in [0.15, 0.2) is 0 Å². The largest absolute Gasteiger partial charge is 0.467 e. The fourth-order valence-corrected chi connectivity index (χ4v) is 1.22. The Morgan fingerprint density at radius 3 is 2.60 bits per heavy atom. The van der Waals surface area contributed by atoms with Crippen molar-refractivity contribution in [2.45, 2.75) is 6.92 Å². The summed E-state index contributed by atoms with van der Waals surface area (Å²) in [4.78, 5) is 23.4. The van der Waals surface area contributed by atoms with Gasteiger partial charge in [-0.05, 0) is 30.1 Å². The summed E-state index contributed by atoms with van der Waals surface area (Å²) in [5.41, 5.74) is 0. The molecular formula is C7H8Cl2N4O2. The van der Waals surface area contributed by atoms with Gasteiger partial charge in [-0.2, -0.15) is 15.0 Å². The van der Waals surface area contributed by atoms with Crippen LogP contribution < -0.4 is 9.64 Å². The van der Waals surface area contributed by atoms with Gasteiger partial charge in [0.25, 0.3) is 0 Å². The van der Waals surface area contributed by atoms with Crippen molar-refractivity contribution < 1.29 is 9.53 Å². The molecule has 0 aliphatic rings. The van der Waals surface area contributed by atoms with E-state index in [0.29, 0.717) is 6.54 Å². The highest BCUT2D eigenvalue weighted by Gasteiger charge is 2.16. The van der Waals surface area contributed by atoms with Crippen LogP contribution in [0.4, 0.5) is 10.7 Å². The number of nitrogens with zero attached hydrogens (tertiary/aromatic N) is 4. The molecule has 0 saturated heterocycles. The standard InChI is InChI=1S/C7H8Cl2N4O2/c1-3-13(5(9)14)6-10-4(8)11-7(12-6)15-2/h3H2,1-2H3. The van der Waals surface area contributed by atoms with Crippen molar-refractivity contribution in [1.82, 2.24) is 15.0 Å². The normalized spacial score (nSPS) is 9.87. The van der Waals surface area contributed by atoms with Gasteiger partial charge in [-0.1, -0.05) is 0 Å². The SMILES string of the molecule is CCN(C(=O)Cl)c1nc(Cl)nc(OC)n1. The summed E-state index contributed by atoms with van der Waals surface area (Å²) in [6.07, 6.45) is 0. The molecule has 0 unspecified atom stereocenters. The van der Waals surface area contributed by atoms with Gasteiger partial charge in [-0.15, -0.1) is 0 Å². The third kappa shape index (κ3) is 2.90. The molecule has 82 valence electrons. The van der Waals surface area contributed by atoms with Gasteiger partial charge in [-0.3, -0.25) is 9.69 Å². The number of hydrogen-bond acceptors (Lipinski definition) is 5. The molecule has 1 aromatic rings. The van der Waals surface area contributed by atoms with E-state index in [1.807, 2.05) is 0 Å². The smallest absolute Gasteiger partial charge is 0.323 e. The molecule has 6 nitrogen and oxygen atoms in total. The molecule has 0 bridgehead atoms. The summed E-state index contributed by atoms with van der Waals surface area (Å²) in [6.45, 7) is 2.05. The van der Waals surface area contributed by atoms with Crippen molar-refractivity contribution in [1.29, 1.82) is 0 Å². The number of carbonyl (C=O) groups is 1. The van der Waals surface area contributed by atoms with Gasteiger partial charge < -0.3 is 4.74 Å². The van der Waals surface area contributed by atoms with Crippen LogP contribution in [-0.4, -0.2) is 34.0 Å². The van der Waals surface area contributed by atoms with Crippen molar-refractivity contribution in [3.63, 3.8) is 0 Å². The topological polar surface area (TPSA) is 68.2 Å². The van der Waals surface area contributed by atoms with Gasteiger partial charge >= 0.3 is 11.4 Å². The molecule has 1 heterocycles. The van der Waals surface area contributed by atoms with E-state index in [1.165, 1.54) is 7.11 Å². The zero-order valence-corrected chi connectivity index (χ0v) is 9.58. The quantitative estimate of drug-likeness (QED) is 0.604. The molecule has 1 amide bonds. The van der Waals surface area contributed by atoms with Crippen molar-refractivity contribution >= 4 is 34.5 Å². The van der Waals surface area contributed by atoms with Crippen molar-refractivity contribution in [2.24, 2.45) is 0 Å². The van der Waals surface area contributed by atoms with Crippen molar-refractivity contribution in [3.05, 3.63) is 5.28 Å². The second kappa shape index (κ2) is 5.09. The van der Waals surface area contributed by atoms with Gasteiger partial charge in [0.1, 0.15) is 0 Å². The van der Waals surface area contributed by atoms with E-state index in [1.54, 1.807) is 6.92 Å². The minimum Gasteiger partial charge on any atom is -0.467 e. The molecule has 0 fully saturated rings. The molecule has 0 atom stereocenters. The lowest BCUT2D eigenvalue weighted by Gasteiger charge is -2.14. The maximum atomic E-state index is 11.0. The number of rotatable bonds is 3. The molecule has 1 aromatic heterocycles. The first-order chi connectivity index (χ1) is 7.08. The van der Waals surface area contributed by atoms with E-state index < -0.39 is 5.37 Å². The fraction of sp³-hybridized carbons (Fsp3) is 0.429. The first-order valence-corrected chi connectivity index (χ1v) is 4.76. The maximum absolute atomic E-state index is 11.0. The molecule has 0 radical (unpaired) electrons. The number of amides is 1. The summed E-state index contributed by atoms with van der Waals surface area (Å²) in [7, 11) is 1.38. The third-order valence-corrected chi connectivity index (χ3v) is 1.90. The summed E-state index contributed by atoms with van der Waals surface area (Å²) >= 11 is 10.9. The Morgan fingerprint density at radius 1 is 1.47 bits per heavy atom. The second-order valence-corrected chi connectivity index (χ2v) is 3.05. The number of carbonyl (C=O) groups excluding carboxylic acids is 1. The molecule has 0 N–H and O–H groups in total. The molecule has 0 spiro atoms. The number of ether oxygens (including phenoxy) is 1. The summed E-state index contributed by atoms with van der Waals surface area (Å²) in [6, 6.07) is 0.0290. The van der Waals surface area contributed by atoms with Crippen LogP contribution in [-0.2, 0) is 0 Å². The summed E-state index contributed by atoms with van der Waals surface area (Å²) in [5.74, 6) is 0.0642. The number of methoxy groups -OCH3 is 1. The van der Waals surface area contributed by atoms with Gasteiger partial charge in [0.05, 0.1) is 7.11 Å². The summed E-state index contributed by atoms with van der Waals surface area (Å²) < 4.78 is 4.78. The molecule has 15 heavy (non-hydrogen) atoms. The predicted octanol–water partition coefficient (Wildman–Crippen LogP) is 1.72. The maximum Gasteiger partial charge on any atom is 0.323 e. The Bertz CT molecular complexity index is 374. The van der Waals surface area contributed by atoms with Crippen molar-refractivity contribution in [2.75, 3.05) is 18.6 Å². The molecule has 0 aromatic carbocycles. The predicted molar refractivity (Wildman–Crippen MR) is 55.7 cm³/mol. The van der Waals surface area contributed by atoms with E-state index in [-0.39, 0.29) is 17.2 Å². The summed E-state index contributed by atoms with van der Waals surface area (Å²) in [5, 5.41) is -0.755. The highest BCUT2D eigenvalue weighted by Crippen LogP contribution is 2.15. The highest BCUT2D eigenvalue weighted by molar-refractivity contribution is 6.66. The second-order valence-electron chi connectivity index (χ2n) is 2.39. The van der Waals surface area contributed by atoms with Gasteiger partial charge in [-0.25, -0.2) is 0 Å². The number of hydrogen-bond donors (Lipinski definition) is 0. The molecule has 0 saturated carbocycles. The number of anilines is 1. The van der Waals surface area contributed by atoms with Crippen LogP contribution in [0.1, 0.15) is 6.92 Å². The molecule has 0 aliphatic heterocycles. The molecule has 8 heteroatoms. The van der Waals surface area contributed by atoms with Gasteiger partial charge in [0.2, 0.25) is 11.2 Å². The molecule has 1 rings (SSSR count). The van der Waals surface area contributed by atoms with Crippen LogP contribution >= 0.6 is 23.2 Å². The minimum absolute atomic E-state index is 0.0290. The lowest BCUT2D eigenvalue weighted by molar-refractivity contribution is 0.264. The Labute approximate surface area is 96.2 Å². The average Bonchev–Trinajstić information content (AvgIpc) is 2.17. The van der Waals surface area contributed by atoms with Crippen LogP contribution in [0.3, 0.4) is 0 Å². The minimum atomic E-state index is -0.693. The van der Waals surface area contributed by atoms with Gasteiger partial charge in [0.15, 0.2) is 0 Å². The van der Waals surface area contributed by atoms with E-state index in [9.17, 15) is 4.79 Å². The van der Waals surface area contributed by atoms with E-state index in [2.05, 4.69) is 15.0 Å². The number of aromatic nitrogens is 3. The third-order valence-electron chi connectivity index (χ3n) is 1.53. The van der Waals surface area contributed by atoms with E-state index in [0.717, 1.165) is 4.90 Å². The van der Waals surface area contributed by atoms with E-state index >= 15 is 0 Å². The van der Waals surface area contributed by atoms with Crippen LogP contribution in [0.2, 0.25) is 5.28 Å². The fourth-order valence-electron chi connectivity index (χ4n) is 0.878. The first kappa shape index (κ1) is 11.9. The van der Waals surface area contributed by atoms with Crippen LogP contribution in [0, 0.1) is 0 Å². The monoisotopic (exact) mass is 250 g/mol. The lowest BCUT2D eigenvalue weighted by Crippen LogP contribution is -2.27. The zero-order chi connectivity index (χ0) is 11.4. The molecular weight excluding hydrogens is 243 g/mol. The van der Waals surface area contributed by atoms with Crippen molar-refractivity contribution in [3.8, 4) is 6.01 Å². The zero-order valence-electron chi connectivity index (χ0n) is 8.07. The highest BCUT2D eigenvalue weighted by atomic mass is 35.5. The number of halogens is 2. The Kier molecular flexibility index (Phi) is 4.05. The molecule has 0 aliphatic carbocycles. The Morgan fingerprint density at radius 2 is 2.13 bits per heavy atom. The average molecular weight is 251 g/mol. The lowest BCUT2D eigenvalue weighted by atomic mass is 10.6.